The summed E-state index contributed by atoms with van der Waals surface area (Å²) in [6.07, 6.45) is 1.48. The predicted molar refractivity (Wildman–Crippen MR) is 112 cm³/mol. The molecule has 0 unspecified atom stereocenters. The van der Waals surface area contributed by atoms with Gasteiger partial charge in [0, 0.05) is 32.2 Å². The first-order valence-electron chi connectivity index (χ1n) is 9.65. The van der Waals surface area contributed by atoms with Crippen LogP contribution >= 0.6 is 0 Å². The van der Waals surface area contributed by atoms with Crippen LogP contribution in [0.3, 0.4) is 0 Å². The van der Waals surface area contributed by atoms with Gasteiger partial charge in [-0.2, -0.15) is 0 Å². The summed E-state index contributed by atoms with van der Waals surface area (Å²) in [6, 6.07) is 22.0. The Balaban J connectivity index is 1.77. The van der Waals surface area contributed by atoms with Crippen molar-refractivity contribution in [2.75, 3.05) is 18.0 Å². The first kappa shape index (κ1) is 19.5. The molecule has 5 heteroatoms. The number of hydrogen-bond donors (Lipinski definition) is 0. The number of carbonyl (C=O) groups excluding carboxylic acids is 1. The van der Waals surface area contributed by atoms with Crippen molar-refractivity contribution >= 4 is 11.7 Å². The van der Waals surface area contributed by atoms with E-state index in [9.17, 15) is 4.79 Å². The minimum Gasteiger partial charge on any atom is -0.352 e. The summed E-state index contributed by atoms with van der Waals surface area (Å²) in [5.74, 6) is 0.686. The van der Waals surface area contributed by atoms with Gasteiger partial charge in [-0.05, 0) is 25.0 Å². The SMILES string of the molecule is CCN(Cc1ccccc1)C(=O)c1cc(N(CC)Cc2ccccc2)ncn1. The molecule has 0 N–H and O–H groups in total. The van der Waals surface area contributed by atoms with Crippen molar-refractivity contribution in [1.82, 2.24) is 14.9 Å². The van der Waals surface area contributed by atoms with E-state index in [2.05, 4.69) is 33.9 Å². The zero-order valence-electron chi connectivity index (χ0n) is 16.5. The van der Waals surface area contributed by atoms with Gasteiger partial charge in [0.15, 0.2) is 0 Å². The molecule has 28 heavy (non-hydrogen) atoms. The van der Waals surface area contributed by atoms with E-state index in [4.69, 9.17) is 0 Å². The highest BCUT2D eigenvalue weighted by atomic mass is 16.2. The Bertz CT molecular complexity index is 883. The van der Waals surface area contributed by atoms with Gasteiger partial charge in [-0.3, -0.25) is 4.79 Å². The largest absolute Gasteiger partial charge is 0.352 e. The molecule has 0 aliphatic carbocycles. The van der Waals surface area contributed by atoms with Gasteiger partial charge in [0.2, 0.25) is 0 Å². The zero-order chi connectivity index (χ0) is 19.8. The number of anilines is 1. The molecule has 0 fully saturated rings. The van der Waals surface area contributed by atoms with Crippen LogP contribution < -0.4 is 4.90 Å². The second-order valence-corrected chi connectivity index (χ2v) is 6.57. The highest BCUT2D eigenvalue weighted by Gasteiger charge is 2.18. The third-order valence-electron chi connectivity index (χ3n) is 4.68. The topological polar surface area (TPSA) is 49.3 Å². The molecule has 0 aliphatic heterocycles. The Labute approximate surface area is 166 Å². The quantitative estimate of drug-likeness (QED) is 0.594. The molecule has 0 saturated heterocycles. The predicted octanol–water partition coefficient (Wildman–Crippen LogP) is 4.17. The molecule has 0 saturated carbocycles. The van der Waals surface area contributed by atoms with Crippen molar-refractivity contribution in [3.8, 4) is 0 Å². The van der Waals surface area contributed by atoms with Gasteiger partial charge < -0.3 is 9.80 Å². The Morgan fingerprint density at radius 3 is 2.00 bits per heavy atom. The van der Waals surface area contributed by atoms with E-state index in [0.717, 1.165) is 24.5 Å². The summed E-state index contributed by atoms with van der Waals surface area (Å²) in [5.41, 5.74) is 2.73. The van der Waals surface area contributed by atoms with Gasteiger partial charge in [-0.15, -0.1) is 0 Å². The smallest absolute Gasteiger partial charge is 0.272 e. The van der Waals surface area contributed by atoms with Crippen molar-refractivity contribution < 1.29 is 4.79 Å². The van der Waals surface area contributed by atoms with E-state index in [1.165, 1.54) is 11.9 Å². The molecular weight excluding hydrogens is 348 g/mol. The summed E-state index contributed by atoms with van der Waals surface area (Å²) < 4.78 is 0. The first-order chi connectivity index (χ1) is 13.7. The molecule has 0 spiro atoms. The molecule has 3 rings (SSSR count). The number of hydrogen-bond acceptors (Lipinski definition) is 4. The molecular formula is C23H26N4O. The molecule has 144 valence electrons. The molecule has 3 aromatic rings. The molecule has 5 nitrogen and oxygen atoms in total. The van der Waals surface area contributed by atoms with Crippen LogP contribution in [-0.2, 0) is 13.1 Å². The monoisotopic (exact) mass is 374 g/mol. The standard InChI is InChI=1S/C23H26N4O/c1-3-26(16-19-11-7-5-8-12-19)22-15-21(24-18-25-22)23(28)27(4-2)17-20-13-9-6-10-14-20/h5-15,18H,3-4,16-17H2,1-2H3. The van der Waals surface area contributed by atoms with Crippen LogP contribution in [0.2, 0.25) is 0 Å². The highest BCUT2D eigenvalue weighted by molar-refractivity contribution is 5.92. The maximum absolute atomic E-state index is 13.0. The minimum atomic E-state index is -0.0780. The fourth-order valence-electron chi connectivity index (χ4n) is 3.09. The third-order valence-corrected chi connectivity index (χ3v) is 4.68. The van der Waals surface area contributed by atoms with Crippen molar-refractivity contribution in [2.24, 2.45) is 0 Å². The Hall–Kier alpha value is -3.21. The summed E-state index contributed by atoms with van der Waals surface area (Å²) in [6.45, 7) is 6.78. The van der Waals surface area contributed by atoms with Crippen LogP contribution in [0, 0.1) is 0 Å². The summed E-state index contributed by atoms with van der Waals surface area (Å²) in [4.78, 5) is 25.6. The van der Waals surface area contributed by atoms with Crippen LogP contribution in [0.4, 0.5) is 5.82 Å². The Morgan fingerprint density at radius 2 is 1.43 bits per heavy atom. The summed E-state index contributed by atoms with van der Waals surface area (Å²) in [7, 11) is 0. The van der Waals surface area contributed by atoms with Crippen molar-refractivity contribution in [2.45, 2.75) is 26.9 Å². The second-order valence-electron chi connectivity index (χ2n) is 6.57. The number of benzene rings is 2. The maximum atomic E-state index is 13.0. The first-order valence-corrected chi connectivity index (χ1v) is 9.65. The Morgan fingerprint density at radius 1 is 0.821 bits per heavy atom. The lowest BCUT2D eigenvalue weighted by atomic mass is 10.2. The van der Waals surface area contributed by atoms with E-state index in [1.54, 1.807) is 11.0 Å². The number of rotatable bonds is 8. The fraction of sp³-hybridized carbons (Fsp3) is 0.261. The van der Waals surface area contributed by atoms with Crippen LogP contribution in [-0.4, -0.2) is 33.9 Å². The van der Waals surface area contributed by atoms with Crippen LogP contribution in [0.1, 0.15) is 35.5 Å². The van der Waals surface area contributed by atoms with Crippen molar-refractivity contribution in [1.29, 1.82) is 0 Å². The van der Waals surface area contributed by atoms with Gasteiger partial charge >= 0.3 is 0 Å². The fourth-order valence-corrected chi connectivity index (χ4v) is 3.09. The second kappa shape index (κ2) is 9.65. The summed E-state index contributed by atoms with van der Waals surface area (Å²) >= 11 is 0. The average Bonchev–Trinajstić information content (AvgIpc) is 2.77. The van der Waals surface area contributed by atoms with Gasteiger partial charge in [0.05, 0.1) is 0 Å². The van der Waals surface area contributed by atoms with E-state index in [0.29, 0.717) is 18.8 Å². The number of aromatic nitrogens is 2. The molecule has 1 aromatic heterocycles. The lowest BCUT2D eigenvalue weighted by Crippen LogP contribution is -2.31. The zero-order valence-corrected chi connectivity index (χ0v) is 16.5. The molecule has 0 bridgehead atoms. The Kier molecular flexibility index (Phi) is 6.73. The molecule has 2 aromatic carbocycles. The van der Waals surface area contributed by atoms with Crippen LogP contribution in [0.5, 0.6) is 0 Å². The van der Waals surface area contributed by atoms with Crippen LogP contribution in [0.15, 0.2) is 73.1 Å². The van der Waals surface area contributed by atoms with Gasteiger partial charge in [-0.25, -0.2) is 9.97 Å². The average molecular weight is 374 g/mol. The minimum absolute atomic E-state index is 0.0780. The van der Waals surface area contributed by atoms with E-state index >= 15 is 0 Å². The van der Waals surface area contributed by atoms with E-state index in [1.807, 2.05) is 55.5 Å². The van der Waals surface area contributed by atoms with E-state index < -0.39 is 0 Å². The van der Waals surface area contributed by atoms with Gasteiger partial charge in [0.25, 0.3) is 5.91 Å². The maximum Gasteiger partial charge on any atom is 0.272 e. The van der Waals surface area contributed by atoms with Crippen molar-refractivity contribution in [3.05, 3.63) is 89.9 Å². The van der Waals surface area contributed by atoms with E-state index in [-0.39, 0.29) is 5.91 Å². The molecule has 1 heterocycles. The number of carbonyl (C=O) groups is 1. The van der Waals surface area contributed by atoms with Crippen LogP contribution in [0.25, 0.3) is 0 Å². The van der Waals surface area contributed by atoms with Gasteiger partial charge in [-0.1, -0.05) is 60.7 Å². The molecule has 0 radical (unpaired) electrons. The van der Waals surface area contributed by atoms with Crippen molar-refractivity contribution in [3.63, 3.8) is 0 Å². The third kappa shape index (κ3) is 4.94. The number of amides is 1. The lowest BCUT2D eigenvalue weighted by Gasteiger charge is -2.24. The lowest BCUT2D eigenvalue weighted by molar-refractivity contribution is 0.0746. The summed E-state index contributed by atoms with van der Waals surface area (Å²) in [5, 5.41) is 0. The molecule has 0 aliphatic rings. The normalized spacial score (nSPS) is 10.5. The molecule has 1 amide bonds. The number of nitrogens with zero attached hydrogens (tertiary/aromatic N) is 4. The van der Waals surface area contributed by atoms with Gasteiger partial charge in [0.1, 0.15) is 17.8 Å². The molecule has 0 atom stereocenters. The highest BCUT2D eigenvalue weighted by Crippen LogP contribution is 2.16.